The van der Waals surface area contributed by atoms with E-state index in [0.717, 1.165) is 5.92 Å². The summed E-state index contributed by atoms with van der Waals surface area (Å²) >= 11 is 0. The molecule has 0 amide bonds. The summed E-state index contributed by atoms with van der Waals surface area (Å²) in [4.78, 5) is 4.96. The number of hydrogen-bond acceptors (Lipinski definition) is 1. The van der Waals surface area contributed by atoms with Crippen molar-refractivity contribution in [3.05, 3.63) is 48.0 Å². The molecule has 1 aliphatic carbocycles. The van der Waals surface area contributed by atoms with Crippen molar-refractivity contribution in [1.29, 1.82) is 0 Å². The minimum Gasteiger partial charge on any atom is -0.286 e. The fraction of sp³-hybridized carbons (Fsp3) is 0.438. The molecule has 2 unspecified atom stereocenters. The van der Waals surface area contributed by atoms with E-state index in [1.165, 1.54) is 43.4 Å². The third-order valence-corrected chi connectivity index (χ3v) is 3.93. The topological polar surface area (TPSA) is 12.4 Å². The molecule has 3 rings (SSSR count). The summed E-state index contributed by atoms with van der Waals surface area (Å²) < 4.78 is 0. The average molecular weight is 225 g/mol. The van der Waals surface area contributed by atoms with Gasteiger partial charge in [-0.1, -0.05) is 42.5 Å². The van der Waals surface area contributed by atoms with Gasteiger partial charge in [0.05, 0.1) is 6.04 Å². The fourth-order valence-corrected chi connectivity index (χ4v) is 2.97. The molecule has 0 fully saturated rings. The quantitative estimate of drug-likeness (QED) is 0.641. The molecule has 1 aromatic rings. The molecule has 0 spiro atoms. The van der Waals surface area contributed by atoms with Gasteiger partial charge in [0.25, 0.3) is 0 Å². The summed E-state index contributed by atoms with van der Waals surface area (Å²) in [6.07, 6.45) is 10.8. The number of allylic oxidation sites excluding steroid dienone is 2. The molecule has 1 heterocycles. The zero-order chi connectivity index (χ0) is 11.5. The number of hydrogen-bond donors (Lipinski definition) is 0. The molecule has 0 saturated carbocycles. The highest BCUT2D eigenvalue weighted by Gasteiger charge is 2.28. The number of nitrogens with zero attached hydrogens (tertiary/aromatic N) is 1. The molecule has 1 aromatic carbocycles. The van der Waals surface area contributed by atoms with Crippen molar-refractivity contribution in [3.63, 3.8) is 0 Å². The van der Waals surface area contributed by atoms with Crippen LogP contribution in [0.1, 0.15) is 37.7 Å². The predicted octanol–water partition coefficient (Wildman–Crippen LogP) is 3.99. The molecule has 17 heavy (non-hydrogen) atoms. The van der Waals surface area contributed by atoms with Gasteiger partial charge in [-0.05, 0) is 43.6 Å². The smallest absolute Gasteiger partial charge is 0.0538 e. The molecule has 0 N–H and O–H groups in total. The van der Waals surface area contributed by atoms with Crippen LogP contribution in [0.4, 0.5) is 0 Å². The van der Waals surface area contributed by atoms with Crippen LogP contribution in [0.5, 0.6) is 0 Å². The molecule has 88 valence electrons. The molecule has 1 nitrogen and oxygen atoms in total. The van der Waals surface area contributed by atoms with Crippen molar-refractivity contribution in [2.45, 2.75) is 38.1 Å². The summed E-state index contributed by atoms with van der Waals surface area (Å²) in [5, 5.41) is 0. The van der Waals surface area contributed by atoms with Crippen molar-refractivity contribution < 1.29 is 0 Å². The lowest BCUT2D eigenvalue weighted by atomic mass is 9.88. The van der Waals surface area contributed by atoms with E-state index in [9.17, 15) is 0 Å². The molecule has 2 aliphatic rings. The van der Waals surface area contributed by atoms with Gasteiger partial charge in [-0.15, -0.1) is 0 Å². The Morgan fingerprint density at radius 2 is 1.71 bits per heavy atom. The Morgan fingerprint density at radius 1 is 0.941 bits per heavy atom. The van der Waals surface area contributed by atoms with Gasteiger partial charge in [0.15, 0.2) is 0 Å². The zero-order valence-corrected chi connectivity index (χ0v) is 10.2. The van der Waals surface area contributed by atoms with Crippen LogP contribution in [0.2, 0.25) is 0 Å². The molecule has 0 aromatic heterocycles. The summed E-state index contributed by atoms with van der Waals surface area (Å²) in [6, 6.07) is 11.3. The number of benzene rings is 1. The van der Waals surface area contributed by atoms with E-state index in [-0.39, 0.29) is 0 Å². The highest BCUT2D eigenvalue weighted by Crippen LogP contribution is 2.32. The Bertz CT molecular complexity index is 430. The lowest BCUT2D eigenvalue weighted by molar-refractivity contribution is 0.412. The van der Waals surface area contributed by atoms with Crippen molar-refractivity contribution >= 4 is 5.71 Å². The van der Waals surface area contributed by atoms with Crippen molar-refractivity contribution in [3.8, 4) is 0 Å². The molecule has 2 atom stereocenters. The van der Waals surface area contributed by atoms with E-state index in [1.807, 2.05) is 0 Å². The normalized spacial score (nSPS) is 30.0. The van der Waals surface area contributed by atoms with Gasteiger partial charge in [0.1, 0.15) is 0 Å². The highest BCUT2D eigenvalue weighted by molar-refractivity contribution is 6.01. The van der Waals surface area contributed by atoms with E-state index in [0.29, 0.717) is 6.04 Å². The van der Waals surface area contributed by atoms with Crippen LogP contribution < -0.4 is 0 Å². The first-order valence-electron chi connectivity index (χ1n) is 6.70. The summed E-state index contributed by atoms with van der Waals surface area (Å²) in [7, 11) is 0. The van der Waals surface area contributed by atoms with Gasteiger partial charge < -0.3 is 0 Å². The first-order chi connectivity index (χ1) is 8.43. The second-order valence-electron chi connectivity index (χ2n) is 5.10. The molecule has 1 aliphatic heterocycles. The first kappa shape index (κ1) is 10.8. The SMILES string of the molecule is C1=C\CCC2N=C(c3ccccc3)CC2CC/1. The van der Waals surface area contributed by atoms with E-state index >= 15 is 0 Å². The molecular weight excluding hydrogens is 206 g/mol. The lowest BCUT2D eigenvalue weighted by Gasteiger charge is -2.18. The van der Waals surface area contributed by atoms with E-state index in [4.69, 9.17) is 4.99 Å². The fourth-order valence-electron chi connectivity index (χ4n) is 2.97. The van der Waals surface area contributed by atoms with Gasteiger partial charge in [0, 0.05) is 5.71 Å². The highest BCUT2D eigenvalue weighted by atomic mass is 14.8. The van der Waals surface area contributed by atoms with Gasteiger partial charge >= 0.3 is 0 Å². The van der Waals surface area contributed by atoms with Crippen LogP contribution >= 0.6 is 0 Å². The summed E-state index contributed by atoms with van der Waals surface area (Å²) in [5.41, 5.74) is 2.66. The Kier molecular flexibility index (Phi) is 3.08. The average Bonchev–Trinajstić information content (AvgIpc) is 2.73. The molecule has 1 heteroatoms. The molecular formula is C16H19N. The minimum atomic E-state index is 0.579. The second kappa shape index (κ2) is 4.87. The van der Waals surface area contributed by atoms with Crippen molar-refractivity contribution in [2.24, 2.45) is 10.9 Å². The zero-order valence-electron chi connectivity index (χ0n) is 10.2. The van der Waals surface area contributed by atoms with E-state index in [1.54, 1.807) is 0 Å². The second-order valence-corrected chi connectivity index (χ2v) is 5.10. The third kappa shape index (κ3) is 2.33. The first-order valence-corrected chi connectivity index (χ1v) is 6.70. The van der Waals surface area contributed by atoms with Gasteiger partial charge in [-0.3, -0.25) is 4.99 Å². The van der Waals surface area contributed by atoms with Gasteiger partial charge in [-0.2, -0.15) is 0 Å². The molecule has 0 saturated heterocycles. The maximum absolute atomic E-state index is 4.96. The van der Waals surface area contributed by atoms with Crippen LogP contribution in [0.15, 0.2) is 47.5 Å². The Labute approximate surface area is 103 Å². The van der Waals surface area contributed by atoms with Crippen LogP contribution in [-0.4, -0.2) is 11.8 Å². The Balaban J connectivity index is 1.80. The van der Waals surface area contributed by atoms with E-state index < -0.39 is 0 Å². The van der Waals surface area contributed by atoms with Gasteiger partial charge in [0.2, 0.25) is 0 Å². The Hall–Kier alpha value is -1.37. The van der Waals surface area contributed by atoms with Gasteiger partial charge in [-0.25, -0.2) is 0 Å². The Morgan fingerprint density at radius 3 is 2.53 bits per heavy atom. The van der Waals surface area contributed by atoms with Crippen molar-refractivity contribution in [2.75, 3.05) is 0 Å². The van der Waals surface area contributed by atoms with Crippen LogP contribution in [0, 0.1) is 5.92 Å². The van der Waals surface area contributed by atoms with E-state index in [2.05, 4.69) is 42.5 Å². The summed E-state index contributed by atoms with van der Waals surface area (Å²) in [5.74, 6) is 0.787. The van der Waals surface area contributed by atoms with Crippen LogP contribution in [0.25, 0.3) is 0 Å². The lowest BCUT2D eigenvalue weighted by Crippen LogP contribution is -2.14. The third-order valence-electron chi connectivity index (χ3n) is 3.93. The van der Waals surface area contributed by atoms with Crippen LogP contribution in [-0.2, 0) is 0 Å². The monoisotopic (exact) mass is 225 g/mol. The molecule has 0 bridgehead atoms. The maximum atomic E-state index is 4.96. The standard InChI is InChI=1S/C16H19N/c1-2-7-11-15-14(10-4-1)12-16(17-15)13-8-5-3-6-9-13/h1-3,5-6,8-9,14-15H,4,7,10-12H2/b2-1-. The minimum absolute atomic E-state index is 0.579. The predicted molar refractivity (Wildman–Crippen MR) is 72.5 cm³/mol. The number of rotatable bonds is 1. The van der Waals surface area contributed by atoms with Crippen LogP contribution in [0.3, 0.4) is 0 Å². The summed E-state index contributed by atoms with van der Waals surface area (Å²) in [6.45, 7) is 0. The number of fused-ring (bicyclic) bond motifs is 1. The number of aliphatic imine (C=N–C) groups is 1. The molecule has 0 radical (unpaired) electrons. The van der Waals surface area contributed by atoms with Crippen molar-refractivity contribution in [1.82, 2.24) is 0 Å². The maximum Gasteiger partial charge on any atom is 0.0538 e. The largest absolute Gasteiger partial charge is 0.286 e.